The summed E-state index contributed by atoms with van der Waals surface area (Å²) in [6.07, 6.45) is 1.54. The van der Waals surface area contributed by atoms with Gasteiger partial charge >= 0.3 is 0 Å². The van der Waals surface area contributed by atoms with E-state index < -0.39 is 0 Å². The van der Waals surface area contributed by atoms with Gasteiger partial charge in [-0.2, -0.15) is 0 Å². The van der Waals surface area contributed by atoms with Crippen LogP contribution in [-0.4, -0.2) is 60.5 Å². The molecule has 0 aromatic heterocycles. The lowest BCUT2D eigenvalue weighted by atomic mass is 9.88. The number of hydrogen-bond donors (Lipinski definition) is 3. The number of rotatable bonds is 11. The Labute approximate surface area is 112 Å². The summed E-state index contributed by atoms with van der Waals surface area (Å²) in [6.45, 7) is 13.1. The third-order valence-electron chi connectivity index (χ3n) is 3.36. The van der Waals surface area contributed by atoms with Crippen molar-refractivity contribution in [3.63, 3.8) is 0 Å². The highest BCUT2D eigenvalue weighted by molar-refractivity contribution is 4.73. The lowest BCUT2D eigenvalue weighted by molar-refractivity contribution is 0.113. The van der Waals surface area contributed by atoms with E-state index in [4.69, 9.17) is 5.11 Å². The van der Waals surface area contributed by atoms with Crippen LogP contribution in [0.25, 0.3) is 0 Å². The molecule has 0 rings (SSSR count). The van der Waals surface area contributed by atoms with Crippen molar-refractivity contribution in [3.05, 3.63) is 0 Å². The predicted molar refractivity (Wildman–Crippen MR) is 76.8 cm³/mol. The first kappa shape index (κ1) is 17.8. The van der Waals surface area contributed by atoms with E-state index in [2.05, 4.69) is 37.9 Å². The number of aliphatic hydroxyl groups is 2. The van der Waals surface area contributed by atoms with Gasteiger partial charge in [0, 0.05) is 26.2 Å². The quantitative estimate of drug-likeness (QED) is 0.520. The first-order chi connectivity index (χ1) is 8.45. The Hall–Kier alpha value is -0.160. The fourth-order valence-corrected chi connectivity index (χ4v) is 2.07. The van der Waals surface area contributed by atoms with E-state index in [0.717, 1.165) is 39.0 Å². The number of aliphatic hydroxyl groups excluding tert-OH is 2. The summed E-state index contributed by atoms with van der Waals surface area (Å²) in [4.78, 5) is 2.23. The number of hydrogen-bond acceptors (Lipinski definition) is 4. The van der Waals surface area contributed by atoms with Crippen molar-refractivity contribution in [2.24, 2.45) is 5.41 Å². The van der Waals surface area contributed by atoms with E-state index in [-0.39, 0.29) is 18.1 Å². The van der Waals surface area contributed by atoms with Crippen LogP contribution in [0.5, 0.6) is 0 Å². The molecule has 110 valence electrons. The molecule has 0 bridgehead atoms. The summed E-state index contributed by atoms with van der Waals surface area (Å²) in [5.74, 6) is 0. The Bertz CT molecular complexity index is 194. The van der Waals surface area contributed by atoms with Crippen LogP contribution >= 0.6 is 0 Å². The Morgan fingerprint density at radius 3 is 2.33 bits per heavy atom. The van der Waals surface area contributed by atoms with E-state index in [1.54, 1.807) is 0 Å². The lowest BCUT2D eigenvalue weighted by Gasteiger charge is -2.27. The SMILES string of the molecule is CCN(CC)CC(O)CNCC(C)(C)CCCO. The van der Waals surface area contributed by atoms with Crippen molar-refractivity contribution in [2.45, 2.75) is 46.6 Å². The van der Waals surface area contributed by atoms with Gasteiger partial charge in [0.25, 0.3) is 0 Å². The van der Waals surface area contributed by atoms with Crippen LogP contribution in [0, 0.1) is 5.41 Å². The summed E-state index contributed by atoms with van der Waals surface area (Å²) in [7, 11) is 0. The second-order valence-electron chi connectivity index (χ2n) is 5.76. The molecule has 0 aliphatic heterocycles. The van der Waals surface area contributed by atoms with E-state index in [9.17, 15) is 5.11 Å². The Morgan fingerprint density at radius 2 is 1.83 bits per heavy atom. The van der Waals surface area contributed by atoms with Crippen LogP contribution in [0.3, 0.4) is 0 Å². The second-order valence-corrected chi connectivity index (χ2v) is 5.76. The molecule has 0 radical (unpaired) electrons. The van der Waals surface area contributed by atoms with Gasteiger partial charge < -0.3 is 20.4 Å². The molecule has 1 unspecified atom stereocenters. The van der Waals surface area contributed by atoms with Crippen molar-refractivity contribution >= 4 is 0 Å². The molecule has 1 atom stereocenters. The topological polar surface area (TPSA) is 55.7 Å². The molecule has 0 aliphatic carbocycles. The summed E-state index contributed by atoms with van der Waals surface area (Å²) >= 11 is 0. The average molecular weight is 260 g/mol. The zero-order valence-corrected chi connectivity index (χ0v) is 12.6. The van der Waals surface area contributed by atoms with Crippen molar-refractivity contribution < 1.29 is 10.2 Å². The van der Waals surface area contributed by atoms with Gasteiger partial charge in [0.05, 0.1) is 6.10 Å². The molecule has 0 saturated heterocycles. The number of likely N-dealkylation sites (N-methyl/N-ethyl adjacent to an activating group) is 1. The molecule has 0 amide bonds. The predicted octanol–water partition coefficient (Wildman–Crippen LogP) is 1.08. The van der Waals surface area contributed by atoms with Gasteiger partial charge in [-0.3, -0.25) is 0 Å². The van der Waals surface area contributed by atoms with Crippen LogP contribution in [-0.2, 0) is 0 Å². The largest absolute Gasteiger partial charge is 0.396 e. The summed E-state index contributed by atoms with van der Waals surface area (Å²) in [6, 6.07) is 0. The fourth-order valence-electron chi connectivity index (χ4n) is 2.07. The minimum Gasteiger partial charge on any atom is -0.396 e. The first-order valence-corrected chi connectivity index (χ1v) is 7.17. The maximum atomic E-state index is 9.91. The Balaban J connectivity index is 3.75. The van der Waals surface area contributed by atoms with Gasteiger partial charge in [0.1, 0.15) is 0 Å². The molecule has 0 aromatic carbocycles. The molecule has 0 aromatic rings. The Kier molecular flexibility index (Phi) is 9.64. The first-order valence-electron chi connectivity index (χ1n) is 7.17. The second kappa shape index (κ2) is 9.73. The minimum absolute atomic E-state index is 0.178. The zero-order chi connectivity index (χ0) is 14.0. The van der Waals surface area contributed by atoms with Crippen LogP contribution in [0.15, 0.2) is 0 Å². The van der Waals surface area contributed by atoms with Crippen LogP contribution in [0.4, 0.5) is 0 Å². The monoisotopic (exact) mass is 260 g/mol. The Morgan fingerprint density at radius 1 is 1.22 bits per heavy atom. The number of nitrogens with one attached hydrogen (secondary N) is 1. The molecule has 0 fully saturated rings. The van der Waals surface area contributed by atoms with Crippen molar-refractivity contribution in [1.82, 2.24) is 10.2 Å². The molecule has 0 aliphatic rings. The smallest absolute Gasteiger partial charge is 0.0791 e. The van der Waals surface area contributed by atoms with Gasteiger partial charge in [-0.15, -0.1) is 0 Å². The maximum absolute atomic E-state index is 9.91. The average Bonchev–Trinajstić information content (AvgIpc) is 2.33. The van der Waals surface area contributed by atoms with Crippen molar-refractivity contribution in [3.8, 4) is 0 Å². The normalized spacial score (nSPS) is 14.2. The molecular formula is C14H32N2O2. The molecule has 3 N–H and O–H groups in total. The van der Waals surface area contributed by atoms with Crippen molar-refractivity contribution in [1.29, 1.82) is 0 Å². The maximum Gasteiger partial charge on any atom is 0.0791 e. The molecule has 18 heavy (non-hydrogen) atoms. The molecule has 0 saturated carbocycles. The third kappa shape index (κ3) is 8.86. The lowest BCUT2D eigenvalue weighted by Crippen LogP contribution is -2.40. The van der Waals surface area contributed by atoms with Crippen LogP contribution in [0.1, 0.15) is 40.5 Å². The summed E-state index contributed by atoms with van der Waals surface area (Å²) in [5, 5.41) is 22.1. The minimum atomic E-state index is -0.307. The molecule has 4 heteroatoms. The van der Waals surface area contributed by atoms with Crippen LogP contribution in [0.2, 0.25) is 0 Å². The van der Waals surface area contributed by atoms with E-state index in [1.165, 1.54) is 0 Å². The highest BCUT2D eigenvalue weighted by atomic mass is 16.3. The third-order valence-corrected chi connectivity index (χ3v) is 3.36. The van der Waals surface area contributed by atoms with Gasteiger partial charge in [0.2, 0.25) is 0 Å². The summed E-state index contributed by atoms with van der Waals surface area (Å²) in [5.41, 5.74) is 0.178. The molecule has 4 nitrogen and oxygen atoms in total. The van der Waals surface area contributed by atoms with Crippen LogP contribution < -0.4 is 5.32 Å². The van der Waals surface area contributed by atoms with Gasteiger partial charge in [0.15, 0.2) is 0 Å². The highest BCUT2D eigenvalue weighted by Crippen LogP contribution is 2.20. The standard InChI is InChI=1S/C14H32N2O2/c1-5-16(6-2)11-13(18)10-15-12-14(3,4)8-7-9-17/h13,15,17-18H,5-12H2,1-4H3. The van der Waals surface area contributed by atoms with E-state index >= 15 is 0 Å². The fraction of sp³-hybridized carbons (Fsp3) is 1.00. The van der Waals surface area contributed by atoms with Crippen molar-refractivity contribution in [2.75, 3.05) is 39.3 Å². The molecular weight excluding hydrogens is 228 g/mol. The number of nitrogens with zero attached hydrogens (tertiary/aromatic N) is 1. The van der Waals surface area contributed by atoms with Gasteiger partial charge in [-0.25, -0.2) is 0 Å². The molecule has 0 heterocycles. The van der Waals surface area contributed by atoms with Gasteiger partial charge in [-0.05, 0) is 31.3 Å². The van der Waals surface area contributed by atoms with Gasteiger partial charge in [-0.1, -0.05) is 27.7 Å². The zero-order valence-electron chi connectivity index (χ0n) is 12.6. The van der Waals surface area contributed by atoms with E-state index in [1.807, 2.05) is 0 Å². The van der Waals surface area contributed by atoms with E-state index in [0.29, 0.717) is 6.54 Å². The highest BCUT2D eigenvalue weighted by Gasteiger charge is 2.17. The summed E-state index contributed by atoms with van der Waals surface area (Å²) < 4.78 is 0. The molecule has 0 spiro atoms.